The van der Waals surface area contributed by atoms with Gasteiger partial charge in [0.25, 0.3) is 11.8 Å². The zero-order chi connectivity index (χ0) is 22.4. The lowest BCUT2D eigenvalue weighted by atomic mass is 9.99. The first-order chi connectivity index (χ1) is 15.0. The Kier molecular flexibility index (Phi) is 7.67. The number of carbonyl (C=O) groups is 2. The van der Waals surface area contributed by atoms with Gasteiger partial charge in [0.05, 0.1) is 5.57 Å². The Bertz CT molecular complexity index is 962. The third-order valence-corrected chi connectivity index (χ3v) is 6.15. The van der Waals surface area contributed by atoms with Gasteiger partial charge < -0.3 is 4.90 Å². The second-order valence-corrected chi connectivity index (χ2v) is 8.45. The van der Waals surface area contributed by atoms with Crippen molar-refractivity contribution in [1.29, 1.82) is 0 Å². The molecule has 2 aromatic carbocycles. The topological polar surface area (TPSA) is 40.6 Å². The van der Waals surface area contributed by atoms with Crippen molar-refractivity contribution < 1.29 is 9.59 Å². The number of anilines is 1. The standard InChI is InChI=1S/C27H34N2O2/c1-5-6-7-8-9-13-18-29-26(30)24(22-17-16-20(2)21(3)19-22)25(27(29)31)28(4)23-14-11-10-12-15-23/h10-12,14-17,19H,5-9,13,18H2,1-4H3. The first-order valence-corrected chi connectivity index (χ1v) is 11.4. The molecule has 2 aromatic rings. The largest absolute Gasteiger partial charge is 0.339 e. The molecule has 0 aliphatic carbocycles. The lowest BCUT2D eigenvalue weighted by molar-refractivity contribution is -0.136. The zero-order valence-electron chi connectivity index (χ0n) is 19.3. The van der Waals surface area contributed by atoms with Crippen molar-refractivity contribution in [2.75, 3.05) is 18.5 Å². The molecule has 1 aliphatic heterocycles. The summed E-state index contributed by atoms with van der Waals surface area (Å²) >= 11 is 0. The lowest BCUT2D eigenvalue weighted by Gasteiger charge is -2.21. The highest BCUT2D eigenvalue weighted by Gasteiger charge is 2.40. The molecule has 2 amide bonds. The maximum Gasteiger partial charge on any atom is 0.278 e. The minimum Gasteiger partial charge on any atom is -0.339 e. The van der Waals surface area contributed by atoms with Gasteiger partial charge in [-0.2, -0.15) is 0 Å². The Morgan fingerprint density at radius 3 is 2.16 bits per heavy atom. The number of rotatable bonds is 10. The molecule has 0 aromatic heterocycles. The molecule has 1 aliphatic rings. The SMILES string of the molecule is CCCCCCCCN1C(=O)C(c2ccc(C)c(C)c2)=C(N(C)c2ccccc2)C1=O. The molecule has 164 valence electrons. The number of unbranched alkanes of at least 4 members (excludes halogenated alkanes) is 5. The first kappa shape index (κ1) is 22.8. The molecular formula is C27H34N2O2. The number of hydrogen-bond acceptors (Lipinski definition) is 3. The van der Waals surface area contributed by atoms with Crippen LogP contribution in [-0.2, 0) is 9.59 Å². The highest BCUT2D eigenvalue weighted by atomic mass is 16.2. The van der Waals surface area contributed by atoms with E-state index < -0.39 is 0 Å². The highest BCUT2D eigenvalue weighted by molar-refractivity contribution is 6.36. The average Bonchev–Trinajstić information content (AvgIpc) is 3.02. The van der Waals surface area contributed by atoms with Gasteiger partial charge in [0.15, 0.2) is 0 Å². The average molecular weight is 419 g/mol. The summed E-state index contributed by atoms with van der Waals surface area (Å²) in [6.07, 6.45) is 6.71. The van der Waals surface area contributed by atoms with Crippen LogP contribution in [0.15, 0.2) is 54.2 Å². The molecule has 0 fully saturated rings. The van der Waals surface area contributed by atoms with Gasteiger partial charge in [-0.15, -0.1) is 0 Å². The van der Waals surface area contributed by atoms with Gasteiger partial charge >= 0.3 is 0 Å². The molecule has 1 heterocycles. The van der Waals surface area contributed by atoms with Crippen molar-refractivity contribution in [3.63, 3.8) is 0 Å². The van der Waals surface area contributed by atoms with Crippen molar-refractivity contribution >= 4 is 23.1 Å². The quantitative estimate of drug-likeness (QED) is 0.357. The second-order valence-electron chi connectivity index (χ2n) is 8.45. The van der Waals surface area contributed by atoms with E-state index in [1.807, 2.05) is 67.4 Å². The van der Waals surface area contributed by atoms with Crippen LogP contribution in [0.1, 0.15) is 62.1 Å². The van der Waals surface area contributed by atoms with Crippen LogP contribution in [0.2, 0.25) is 0 Å². The molecule has 3 rings (SSSR count). The summed E-state index contributed by atoms with van der Waals surface area (Å²) in [6, 6.07) is 15.7. The first-order valence-electron chi connectivity index (χ1n) is 11.4. The fourth-order valence-corrected chi connectivity index (χ4v) is 4.07. The fourth-order valence-electron chi connectivity index (χ4n) is 4.07. The molecule has 31 heavy (non-hydrogen) atoms. The number of likely N-dealkylation sites (N-methyl/N-ethyl adjacent to an activating group) is 1. The highest BCUT2D eigenvalue weighted by Crippen LogP contribution is 2.34. The summed E-state index contributed by atoms with van der Waals surface area (Å²) in [5, 5.41) is 0. The van der Waals surface area contributed by atoms with Crippen LogP contribution in [-0.4, -0.2) is 30.3 Å². The number of hydrogen-bond donors (Lipinski definition) is 0. The molecule has 0 unspecified atom stereocenters. The fraction of sp³-hybridized carbons (Fsp3) is 0.407. The summed E-state index contributed by atoms with van der Waals surface area (Å²) < 4.78 is 0. The molecule has 4 heteroatoms. The molecule has 0 spiro atoms. The van der Waals surface area contributed by atoms with Gasteiger partial charge in [-0.05, 0) is 49.1 Å². The van der Waals surface area contributed by atoms with Crippen LogP contribution in [0.3, 0.4) is 0 Å². The minimum atomic E-state index is -0.196. The summed E-state index contributed by atoms with van der Waals surface area (Å²) in [4.78, 5) is 30.2. The van der Waals surface area contributed by atoms with Gasteiger partial charge in [0.2, 0.25) is 0 Å². The van der Waals surface area contributed by atoms with E-state index in [1.165, 1.54) is 29.7 Å². The van der Waals surface area contributed by atoms with Crippen LogP contribution < -0.4 is 4.90 Å². The molecule has 0 N–H and O–H groups in total. The van der Waals surface area contributed by atoms with Crippen molar-refractivity contribution in [3.8, 4) is 0 Å². The molecule has 4 nitrogen and oxygen atoms in total. The molecule has 0 atom stereocenters. The Morgan fingerprint density at radius 2 is 1.48 bits per heavy atom. The van der Waals surface area contributed by atoms with Crippen molar-refractivity contribution in [2.45, 2.75) is 59.3 Å². The third-order valence-electron chi connectivity index (χ3n) is 6.15. The molecule has 0 saturated heterocycles. The number of nitrogens with zero attached hydrogens (tertiary/aromatic N) is 2. The number of imide groups is 1. The maximum atomic E-state index is 13.4. The van der Waals surface area contributed by atoms with Crippen LogP contribution in [0.5, 0.6) is 0 Å². The van der Waals surface area contributed by atoms with E-state index in [-0.39, 0.29) is 11.8 Å². The monoisotopic (exact) mass is 418 g/mol. The third kappa shape index (κ3) is 5.07. The van der Waals surface area contributed by atoms with Gasteiger partial charge in [-0.3, -0.25) is 14.5 Å². The van der Waals surface area contributed by atoms with E-state index in [0.29, 0.717) is 17.8 Å². The Balaban J connectivity index is 1.90. The van der Waals surface area contributed by atoms with E-state index in [4.69, 9.17) is 0 Å². The Morgan fingerprint density at radius 1 is 0.806 bits per heavy atom. The van der Waals surface area contributed by atoms with Crippen LogP contribution in [0, 0.1) is 13.8 Å². The van der Waals surface area contributed by atoms with E-state index in [1.54, 1.807) is 0 Å². The number of amides is 2. The molecule has 0 bridgehead atoms. The Labute approximate surface area is 186 Å². The Hall–Kier alpha value is -2.88. The van der Waals surface area contributed by atoms with Crippen LogP contribution in [0.4, 0.5) is 5.69 Å². The minimum absolute atomic E-state index is 0.181. The van der Waals surface area contributed by atoms with E-state index in [2.05, 4.69) is 13.8 Å². The number of para-hydroxylation sites is 1. The van der Waals surface area contributed by atoms with Crippen molar-refractivity contribution in [2.24, 2.45) is 0 Å². The number of aryl methyl sites for hydroxylation is 2. The van der Waals surface area contributed by atoms with E-state index in [0.717, 1.165) is 36.1 Å². The number of benzene rings is 2. The zero-order valence-corrected chi connectivity index (χ0v) is 19.3. The number of carbonyl (C=O) groups excluding carboxylic acids is 2. The van der Waals surface area contributed by atoms with E-state index >= 15 is 0 Å². The summed E-state index contributed by atoms with van der Waals surface area (Å²) in [6.45, 7) is 6.77. The maximum absolute atomic E-state index is 13.4. The normalized spacial score (nSPS) is 14.0. The molecule has 0 saturated carbocycles. The molecular weight excluding hydrogens is 384 g/mol. The predicted molar refractivity (Wildman–Crippen MR) is 128 cm³/mol. The van der Waals surface area contributed by atoms with Crippen molar-refractivity contribution in [1.82, 2.24) is 4.90 Å². The van der Waals surface area contributed by atoms with Gasteiger partial charge in [-0.1, -0.05) is 75.4 Å². The lowest BCUT2D eigenvalue weighted by Crippen LogP contribution is -2.35. The van der Waals surface area contributed by atoms with Crippen LogP contribution >= 0.6 is 0 Å². The summed E-state index contributed by atoms with van der Waals surface area (Å²) in [7, 11) is 1.87. The second kappa shape index (κ2) is 10.4. The van der Waals surface area contributed by atoms with Crippen molar-refractivity contribution in [3.05, 3.63) is 70.9 Å². The predicted octanol–water partition coefficient (Wildman–Crippen LogP) is 5.88. The van der Waals surface area contributed by atoms with Crippen LogP contribution in [0.25, 0.3) is 5.57 Å². The van der Waals surface area contributed by atoms with Gasteiger partial charge in [0.1, 0.15) is 5.70 Å². The van der Waals surface area contributed by atoms with Gasteiger partial charge in [-0.25, -0.2) is 0 Å². The smallest absolute Gasteiger partial charge is 0.278 e. The molecule has 0 radical (unpaired) electrons. The summed E-state index contributed by atoms with van der Waals surface area (Å²) in [5.41, 5.74) is 4.95. The van der Waals surface area contributed by atoms with E-state index in [9.17, 15) is 9.59 Å². The van der Waals surface area contributed by atoms with Gasteiger partial charge in [0, 0.05) is 19.3 Å². The summed E-state index contributed by atoms with van der Waals surface area (Å²) in [5.74, 6) is -0.377.